The van der Waals surface area contributed by atoms with Crippen LogP contribution in [0.1, 0.15) is 6.42 Å². The van der Waals surface area contributed by atoms with E-state index in [0.29, 0.717) is 5.41 Å². The molecule has 25 heavy (non-hydrogen) atoms. The van der Waals surface area contributed by atoms with Crippen LogP contribution in [0.3, 0.4) is 0 Å². The smallest absolute Gasteiger partial charge is 0.246 e. The van der Waals surface area contributed by atoms with Gasteiger partial charge in [-0.25, -0.2) is 0 Å². The Hall–Kier alpha value is -1.85. The van der Waals surface area contributed by atoms with Crippen molar-refractivity contribution < 1.29 is 4.79 Å². The summed E-state index contributed by atoms with van der Waals surface area (Å²) in [6.07, 6.45) is 4.86. The van der Waals surface area contributed by atoms with Crippen LogP contribution < -0.4 is 4.90 Å². The van der Waals surface area contributed by atoms with Gasteiger partial charge in [-0.3, -0.25) is 4.79 Å². The number of hydrogen-bond acceptors (Lipinski definition) is 4. The molecule has 1 aromatic heterocycles. The number of carbonyl (C=O) groups excluding carboxylic acids is 1. The van der Waals surface area contributed by atoms with E-state index >= 15 is 0 Å². The first-order valence-corrected chi connectivity index (χ1v) is 9.70. The summed E-state index contributed by atoms with van der Waals surface area (Å²) in [5.74, 6) is 0.160. The molecule has 2 aliphatic rings. The molecule has 5 heteroatoms. The lowest BCUT2D eigenvalue weighted by atomic mass is 9.79. The third kappa shape index (κ3) is 3.31. The van der Waals surface area contributed by atoms with Gasteiger partial charge >= 0.3 is 0 Å². The van der Waals surface area contributed by atoms with Gasteiger partial charge in [0.1, 0.15) is 0 Å². The third-order valence-corrected chi connectivity index (χ3v) is 6.43. The minimum absolute atomic E-state index is 0.160. The average Bonchev–Trinajstić information content (AvgIpc) is 3.17. The van der Waals surface area contributed by atoms with Crippen molar-refractivity contribution in [2.75, 3.05) is 51.7 Å². The largest absolute Gasteiger partial charge is 0.363 e. The van der Waals surface area contributed by atoms with Gasteiger partial charge in [0.25, 0.3) is 0 Å². The fourth-order valence-electron chi connectivity index (χ4n) is 3.89. The van der Waals surface area contributed by atoms with Crippen LogP contribution in [0.2, 0.25) is 0 Å². The molecule has 0 radical (unpaired) electrons. The summed E-state index contributed by atoms with van der Waals surface area (Å²) in [5.41, 5.74) is 0.307. The molecule has 0 N–H and O–H groups in total. The molecule has 1 aromatic carbocycles. The average molecular weight is 356 g/mol. The van der Waals surface area contributed by atoms with Gasteiger partial charge < -0.3 is 14.7 Å². The zero-order valence-corrected chi connectivity index (χ0v) is 15.8. The van der Waals surface area contributed by atoms with E-state index in [2.05, 4.69) is 40.1 Å². The highest BCUT2D eigenvalue weighted by Crippen LogP contribution is 2.43. The summed E-state index contributed by atoms with van der Waals surface area (Å²) >= 11 is 1.88. The Morgan fingerprint density at radius 3 is 2.84 bits per heavy atom. The first-order valence-electron chi connectivity index (χ1n) is 8.88. The predicted molar refractivity (Wildman–Crippen MR) is 105 cm³/mol. The molecule has 1 amide bonds. The zero-order chi connectivity index (χ0) is 17.4. The molecule has 0 aliphatic carbocycles. The van der Waals surface area contributed by atoms with Crippen molar-refractivity contribution in [3.8, 4) is 0 Å². The van der Waals surface area contributed by atoms with E-state index in [4.69, 9.17) is 0 Å². The number of hydrogen-bond donors (Lipinski definition) is 0. The van der Waals surface area contributed by atoms with Crippen LogP contribution in [0.4, 0.5) is 5.00 Å². The molecule has 2 fully saturated rings. The summed E-state index contributed by atoms with van der Waals surface area (Å²) in [4.78, 5) is 18.8. The van der Waals surface area contributed by atoms with Gasteiger partial charge in [-0.05, 0) is 38.0 Å². The molecular formula is C20H25N3OS. The van der Waals surface area contributed by atoms with E-state index < -0.39 is 0 Å². The highest BCUT2D eigenvalue weighted by atomic mass is 32.1. The van der Waals surface area contributed by atoms with Crippen LogP contribution >= 0.6 is 11.3 Å². The van der Waals surface area contributed by atoms with E-state index in [0.717, 1.165) is 32.7 Å². The first kappa shape index (κ1) is 16.6. The highest BCUT2D eigenvalue weighted by Gasteiger charge is 2.49. The molecule has 3 heterocycles. The number of benzene rings is 1. The van der Waals surface area contributed by atoms with Crippen molar-refractivity contribution in [1.82, 2.24) is 9.80 Å². The summed E-state index contributed by atoms with van der Waals surface area (Å²) in [6.45, 7) is 4.79. The van der Waals surface area contributed by atoms with Gasteiger partial charge in [-0.2, -0.15) is 0 Å². The monoisotopic (exact) mass is 355 g/mol. The standard InChI is InChI=1S/C20H25N3OS/c1-21(2)10-5-8-18(24)23-14-20(15-23)9-11-22(13-20)19-12-16-6-3-4-7-17(16)25-19/h3-8,12H,9-11,13-15H2,1-2H3/b8-5+. The fraction of sp³-hybridized carbons (Fsp3) is 0.450. The third-order valence-electron chi connectivity index (χ3n) is 5.26. The second-order valence-electron chi connectivity index (χ2n) is 7.65. The van der Waals surface area contributed by atoms with E-state index in [1.807, 2.05) is 36.4 Å². The molecule has 1 spiro atoms. The minimum Gasteiger partial charge on any atom is -0.363 e. The fourth-order valence-corrected chi connectivity index (χ4v) is 4.98. The van der Waals surface area contributed by atoms with Crippen LogP contribution in [-0.2, 0) is 4.79 Å². The Balaban J connectivity index is 1.35. The van der Waals surface area contributed by atoms with Crippen molar-refractivity contribution >= 4 is 32.3 Å². The Labute approximate surface area is 153 Å². The molecule has 0 saturated carbocycles. The first-order chi connectivity index (χ1) is 12.0. The van der Waals surface area contributed by atoms with E-state index in [1.165, 1.54) is 21.5 Å². The molecular weight excluding hydrogens is 330 g/mol. The summed E-state index contributed by atoms with van der Waals surface area (Å²) in [7, 11) is 4.02. The van der Waals surface area contributed by atoms with Gasteiger partial charge in [-0.1, -0.05) is 24.3 Å². The molecule has 0 unspecified atom stereocenters. The van der Waals surface area contributed by atoms with Gasteiger partial charge in [0.2, 0.25) is 5.91 Å². The SMILES string of the molecule is CN(C)C/C=C/C(=O)N1CC2(CCN(c3cc4ccccc4s3)C2)C1. The maximum atomic E-state index is 12.2. The maximum Gasteiger partial charge on any atom is 0.246 e. The van der Waals surface area contributed by atoms with Crippen molar-refractivity contribution in [1.29, 1.82) is 0 Å². The van der Waals surface area contributed by atoms with Crippen LogP contribution in [-0.4, -0.2) is 62.5 Å². The zero-order valence-electron chi connectivity index (χ0n) is 14.9. The second kappa shape index (κ2) is 6.46. The molecule has 0 atom stereocenters. The molecule has 132 valence electrons. The topological polar surface area (TPSA) is 26.8 Å². The number of thiophene rings is 1. The summed E-state index contributed by atoms with van der Waals surface area (Å²) in [6, 6.07) is 10.9. The Morgan fingerprint density at radius 2 is 2.08 bits per heavy atom. The summed E-state index contributed by atoms with van der Waals surface area (Å²) < 4.78 is 1.36. The maximum absolute atomic E-state index is 12.2. The molecule has 2 aliphatic heterocycles. The summed E-state index contributed by atoms with van der Waals surface area (Å²) in [5, 5.41) is 2.70. The number of amides is 1. The minimum atomic E-state index is 0.160. The lowest BCUT2D eigenvalue weighted by Crippen LogP contribution is -2.59. The van der Waals surface area contributed by atoms with Crippen molar-refractivity contribution in [3.05, 3.63) is 42.5 Å². The number of likely N-dealkylation sites (N-methyl/N-ethyl adjacent to an activating group) is 1. The van der Waals surface area contributed by atoms with E-state index in [-0.39, 0.29) is 5.91 Å². The Bertz CT molecular complexity index is 771. The van der Waals surface area contributed by atoms with Crippen LogP contribution in [0.5, 0.6) is 0 Å². The molecule has 4 rings (SSSR count). The normalized spacial score (nSPS) is 19.5. The molecule has 4 nitrogen and oxygen atoms in total. The molecule has 0 bridgehead atoms. The van der Waals surface area contributed by atoms with Crippen LogP contribution in [0.25, 0.3) is 10.1 Å². The molecule has 2 saturated heterocycles. The number of rotatable bonds is 4. The Kier molecular flexibility index (Phi) is 4.29. The number of carbonyl (C=O) groups is 1. The quantitative estimate of drug-likeness (QED) is 0.789. The number of anilines is 1. The number of likely N-dealkylation sites (tertiary alicyclic amines) is 1. The number of nitrogens with zero attached hydrogens (tertiary/aromatic N) is 3. The van der Waals surface area contributed by atoms with Crippen molar-refractivity contribution in [3.63, 3.8) is 0 Å². The number of fused-ring (bicyclic) bond motifs is 1. The van der Waals surface area contributed by atoms with Gasteiger partial charge in [0, 0.05) is 48.9 Å². The van der Waals surface area contributed by atoms with E-state index in [1.54, 1.807) is 6.08 Å². The second-order valence-corrected chi connectivity index (χ2v) is 8.72. The lowest BCUT2D eigenvalue weighted by Gasteiger charge is -2.47. The van der Waals surface area contributed by atoms with Gasteiger partial charge in [-0.15, -0.1) is 11.3 Å². The van der Waals surface area contributed by atoms with Gasteiger partial charge in [0.15, 0.2) is 0 Å². The van der Waals surface area contributed by atoms with Crippen molar-refractivity contribution in [2.45, 2.75) is 6.42 Å². The van der Waals surface area contributed by atoms with Gasteiger partial charge in [0.05, 0.1) is 5.00 Å². The van der Waals surface area contributed by atoms with Crippen molar-refractivity contribution in [2.24, 2.45) is 5.41 Å². The lowest BCUT2D eigenvalue weighted by molar-refractivity contribution is -0.136. The van der Waals surface area contributed by atoms with Crippen LogP contribution in [0, 0.1) is 5.41 Å². The Morgan fingerprint density at radius 1 is 1.28 bits per heavy atom. The highest BCUT2D eigenvalue weighted by molar-refractivity contribution is 7.22. The molecule has 2 aromatic rings. The van der Waals surface area contributed by atoms with E-state index in [9.17, 15) is 4.79 Å². The van der Waals surface area contributed by atoms with Crippen LogP contribution in [0.15, 0.2) is 42.5 Å². The predicted octanol–water partition coefficient (Wildman–Crippen LogP) is 3.06.